The molecule has 0 amide bonds. The summed E-state index contributed by atoms with van der Waals surface area (Å²) in [6.45, 7) is 4.82. The van der Waals surface area contributed by atoms with Crippen molar-refractivity contribution in [2.45, 2.75) is 18.9 Å². The van der Waals surface area contributed by atoms with Crippen molar-refractivity contribution in [1.29, 1.82) is 5.26 Å². The molecular weight excluding hydrogens is 348 g/mol. The minimum Gasteiger partial charge on any atom is -0.493 e. The maximum Gasteiger partial charge on any atom is 0.161 e. The Morgan fingerprint density at radius 3 is 2.65 bits per heavy atom. The number of nitrogens with one attached hydrogen (secondary N) is 1. The normalized spacial score (nSPS) is 11.4. The smallest absolute Gasteiger partial charge is 0.161 e. The van der Waals surface area contributed by atoms with E-state index < -0.39 is 0 Å². The Bertz CT molecular complexity index is 754. The van der Waals surface area contributed by atoms with E-state index in [1.54, 1.807) is 25.3 Å². The Labute approximate surface area is 160 Å². The van der Waals surface area contributed by atoms with Crippen molar-refractivity contribution >= 4 is 11.6 Å². The van der Waals surface area contributed by atoms with Crippen molar-refractivity contribution in [3.05, 3.63) is 71.3 Å². The van der Waals surface area contributed by atoms with Gasteiger partial charge in [-0.25, -0.2) is 0 Å². The van der Waals surface area contributed by atoms with E-state index in [0.717, 1.165) is 30.5 Å². The molecule has 1 unspecified atom stereocenters. The number of benzene rings is 2. The summed E-state index contributed by atoms with van der Waals surface area (Å²) in [6, 6.07) is 15.2. The highest BCUT2D eigenvalue weighted by Gasteiger charge is 2.10. The van der Waals surface area contributed by atoms with Crippen LogP contribution in [-0.2, 0) is 6.42 Å². The van der Waals surface area contributed by atoms with Crippen molar-refractivity contribution < 1.29 is 9.47 Å². The van der Waals surface area contributed by atoms with E-state index in [1.165, 1.54) is 0 Å². The topological polar surface area (TPSA) is 54.3 Å². The molecule has 0 radical (unpaired) electrons. The molecule has 0 fully saturated rings. The van der Waals surface area contributed by atoms with Crippen LogP contribution in [0.5, 0.6) is 11.5 Å². The van der Waals surface area contributed by atoms with Gasteiger partial charge in [0.2, 0.25) is 0 Å². The summed E-state index contributed by atoms with van der Waals surface area (Å²) >= 11 is 5.89. The number of nitriles is 1. The monoisotopic (exact) mass is 370 g/mol. The van der Waals surface area contributed by atoms with Crippen LogP contribution in [0.4, 0.5) is 0 Å². The Kier molecular flexibility index (Phi) is 8.01. The van der Waals surface area contributed by atoms with Gasteiger partial charge in [-0.2, -0.15) is 5.26 Å². The number of halogens is 1. The maximum atomic E-state index is 9.35. The highest BCUT2D eigenvalue weighted by atomic mass is 35.5. The van der Waals surface area contributed by atoms with E-state index in [0.29, 0.717) is 23.1 Å². The second-order valence-corrected chi connectivity index (χ2v) is 6.19. The van der Waals surface area contributed by atoms with E-state index >= 15 is 0 Å². The van der Waals surface area contributed by atoms with Gasteiger partial charge in [-0.3, -0.25) is 5.32 Å². The Morgan fingerprint density at radius 2 is 2.00 bits per heavy atom. The van der Waals surface area contributed by atoms with Gasteiger partial charge >= 0.3 is 0 Å². The number of rotatable bonds is 10. The van der Waals surface area contributed by atoms with Crippen LogP contribution in [0.15, 0.2) is 55.1 Å². The van der Waals surface area contributed by atoms with Gasteiger partial charge in [0.15, 0.2) is 11.5 Å². The molecule has 5 heteroatoms. The first-order valence-electron chi connectivity index (χ1n) is 8.47. The summed E-state index contributed by atoms with van der Waals surface area (Å²) in [7, 11) is 1.63. The Balaban J connectivity index is 1.86. The van der Waals surface area contributed by atoms with Crippen molar-refractivity contribution in [2.75, 3.05) is 20.3 Å². The maximum absolute atomic E-state index is 9.35. The minimum atomic E-state index is -0.337. The lowest BCUT2D eigenvalue weighted by Crippen LogP contribution is -2.21. The molecule has 0 bridgehead atoms. The first-order valence-corrected chi connectivity index (χ1v) is 8.84. The summed E-state index contributed by atoms with van der Waals surface area (Å²) < 4.78 is 10.9. The highest BCUT2D eigenvalue weighted by molar-refractivity contribution is 6.30. The van der Waals surface area contributed by atoms with Crippen LogP contribution in [0.2, 0.25) is 5.02 Å². The number of hydrogen-bond donors (Lipinski definition) is 1. The third-order valence-electron chi connectivity index (χ3n) is 3.91. The fourth-order valence-electron chi connectivity index (χ4n) is 2.57. The van der Waals surface area contributed by atoms with Crippen LogP contribution in [0, 0.1) is 11.3 Å². The molecule has 26 heavy (non-hydrogen) atoms. The molecule has 0 saturated heterocycles. The molecule has 0 aliphatic heterocycles. The molecule has 0 spiro atoms. The van der Waals surface area contributed by atoms with Crippen molar-refractivity contribution in [1.82, 2.24) is 5.32 Å². The van der Waals surface area contributed by atoms with Gasteiger partial charge in [-0.15, -0.1) is 0 Å². The first-order chi connectivity index (χ1) is 12.7. The summed E-state index contributed by atoms with van der Waals surface area (Å²) in [5.41, 5.74) is 2.08. The van der Waals surface area contributed by atoms with Gasteiger partial charge in [0.1, 0.15) is 12.6 Å². The van der Waals surface area contributed by atoms with Crippen LogP contribution in [0.3, 0.4) is 0 Å². The zero-order valence-corrected chi connectivity index (χ0v) is 15.6. The molecule has 136 valence electrons. The van der Waals surface area contributed by atoms with E-state index in [4.69, 9.17) is 21.1 Å². The van der Waals surface area contributed by atoms with Crippen LogP contribution in [0.25, 0.3) is 0 Å². The van der Waals surface area contributed by atoms with E-state index in [-0.39, 0.29) is 6.04 Å². The van der Waals surface area contributed by atoms with Crippen LogP contribution < -0.4 is 14.8 Å². The molecule has 0 aromatic heterocycles. The zero-order chi connectivity index (χ0) is 18.8. The third-order valence-corrected chi connectivity index (χ3v) is 4.16. The second-order valence-electron chi connectivity index (χ2n) is 5.76. The number of hydrogen-bond acceptors (Lipinski definition) is 4. The lowest BCUT2D eigenvalue weighted by molar-refractivity contribution is 0.326. The Hall–Kier alpha value is -2.48. The summed E-state index contributed by atoms with van der Waals surface area (Å²) in [5.74, 6) is 1.43. The van der Waals surface area contributed by atoms with Crippen LogP contribution in [0.1, 0.15) is 23.6 Å². The molecule has 1 atom stereocenters. The number of nitrogens with zero attached hydrogens (tertiary/aromatic N) is 1. The quantitative estimate of drug-likeness (QED) is 0.486. The lowest BCUT2D eigenvalue weighted by Gasteiger charge is -2.13. The molecule has 0 saturated carbocycles. The van der Waals surface area contributed by atoms with Gasteiger partial charge in [0.05, 0.1) is 13.2 Å². The van der Waals surface area contributed by atoms with Gasteiger partial charge in [-0.1, -0.05) is 42.5 Å². The highest BCUT2D eigenvalue weighted by Crippen LogP contribution is 2.28. The molecule has 0 aliphatic carbocycles. The molecule has 1 N–H and O–H groups in total. The standard InChI is InChI=1S/C21H23ClN2O2/c1-3-13-26-20-11-6-16(14-21(20)25-2)5-4-12-24-19(15-23)17-7-9-18(22)10-8-17/h3,6-11,14,19,24H,1,4-5,12-13H2,2H3. The van der Waals surface area contributed by atoms with E-state index in [2.05, 4.69) is 18.0 Å². The molecule has 2 aromatic rings. The molecule has 2 rings (SSSR count). The van der Waals surface area contributed by atoms with Crippen molar-refractivity contribution in [2.24, 2.45) is 0 Å². The molecule has 4 nitrogen and oxygen atoms in total. The van der Waals surface area contributed by atoms with Crippen LogP contribution in [-0.4, -0.2) is 20.3 Å². The fourth-order valence-corrected chi connectivity index (χ4v) is 2.69. The van der Waals surface area contributed by atoms with Crippen molar-refractivity contribution in [3.63, 3.8) is 0 Å². The van der Waals surface area contributed by atoms with Gasteiger partial charge in [0.25, 0.3) is 0 Å². The predicted molar refractivity (Wildman–Crippen MR) is 105 cm³/mol. The third kappa shape index (κ3) is 5.80. The lowest BCUT2D eigenvalue weighted by atomic mass is 10.1. The van der Waals surface area contributed by atoms with Gasteiger partial charge < -0.3 is 9.47 Å². The van der Waals surface area contributed by atoms with Crippen LogP contribution >= 0.6 is 11.6 Å². The SMILES string of the molecule is C=CCOc1ccc(CCCNC(C#N)c2ccc(Cl)cc2)cc1OC. The Morgan fingerprint density at radius 1 is 1.23 bits per heavy atom. The van der Waals surface area contributed by atoms with Gasteiger partial charge in [0, 0.05) is 5.02 Å². The molecule has 2 aromatic carbocycles. The summed E-state index contributed by atoms with van der Waals surface area (Å²) in [5, 5.41) is 13.3. The molecule has 0 aliphatic rings. The van der Waals surface area contributed by atoms with Gasteiger partial charge in [-0.05, 0) is 54.8 Å². The average molecular weight is 371 g/mol. The molecular formula is C21H23ClN2O2. The average Bonchev–Trinajstić information content (AvgIpc) is 2.67. The summed E-state index contributed by atoms with van der Waals surface area (Å²) in [4.78, 5) is 0. The number of ether oxygens (including phenoxy) is 2. The second kappa shape index (κ2) is 10.5. The first kappa shape index (κ1) is 19.8. The van der Waals surface area contributed by atoms with E-state index in [1.807, 2.05) is 30.3 Å². The largest absolute Gasteiger partial charge is 0.493 e. The number of methoxy groups -OCH3 is 1. The summed E-state index contributed by atoms with van der Waals surface area (Å²) in [6.07, 6.45) is 3.48. The van der Waals surface area contributed by atoms with E-state index in [9.17, 15) is 5.26 Å². The zero-order valence-electron chi connectivity index (χ0n) is 14.9. The minimum absolute atomic E-state index is 0.337. The number of aryl methyl sites for hydroxylation is 1. The fraction of sp³-hybridized carbons (Fsp3) is 0.286. The predicted octanol–water partition coefficient (Wildman–Crippen LogP) is 4.70. The molecule has 0 heterocycles. The van der Waals surface area contributed by atoms with Crippen molar-refractivity contribution in [3.8, 4) is 17.6 Å².